The number of nitrogens with one attached hydrogen (secondary N) is 1. The molecule has 0 saturated carbocycles. The van der Waals surface area contributed by atoms with Crippen LogP contribution in [0.4, 0.5) is 10.1 Å². The van der Waals surface area contributed by atoms with Crippen molar-refractivity contribution in [3.63, 3.8) is 0 Å². The Morgan fingerprint density at radius 3 is 2.38 bits per heavy atom. The van der Waals surface area contributed by atoms with E-state index in [1.807, 2.05) is 13.8 Å². The Hall–Kier alpha value is -2.98. The quantitative estimate of drug-likeness (QED) is 0.613. The summed E-state index contributed by atoms with van der Waals surface area (Å²) in [6.07, 6.45) is 0.473. The molecular formula is C24H20ClFN2O. The van der Waals surface area contributed by atoms with Gasteiger partial charge in [0.1, 0.15) is 11.9 Å². The van der Waals surface area contributed by atoms with Gasteiger partial charge in [-0.3, -0.25) is 9.79 Å². The van der Waals surface area contributed by atoms with E-state index in [0.717, 1.165) is 27.8 Å². The SMILES string of the molecule is Cc1cc(C)cc(CC2N=C(c3ccc(F)cc3)c3cc(Cl)ccc3NC2=O)c1. The molecule has 0 aliphatic carbocycles. The van der Waals surface area contributed by atoms with Crippen LogP contribution in [0.1, 0.15) is 27.8 Å². The second-order valence-corrected chi connectivity index (χ2v) is 7.82. The number of fused-ring (bicyclic) bond motifs is 1. The number of halogens is 2. The Morgan fingerprint density at radius 2 is 1.69 bits per heavy atom. The zero-order chi connectivity index (χ0) is 20.5. The van der Waals surface area contributed by atoms with Crippen molar-refractivity contribution in [1.29, 1.82) is 0 Å². The lowest BCUT2D eigenvalue weighted by Gasteiger charge is -2.12. The van der Waals surface area contributed by atoms with E-state index in [2.05, 4.69) is 23.5 Å². The molecule has 0 aromatic heterocycles. The highest BCUT2D eigenvalue weighted by molar-refractivity contribution is 6.32. The molecule has 29 heavy (non-hydrogen) atoms. The summed E-state index contributed by atoms with van der Waals surface area (Å²) >= 11 is 6.22. The van der Waals surface area contributed by atoms with Crippen LogP contribution in [0.5, 0.6) is 0 Å². The fourth-order valence-electron chi connectivity index (χ4n) is 3.71. The number of amides is 1. The van der Waals surface area contributed by atoms with Gasteiger partial charge in [0, 0.05) is 22.6 Å². The maximum Gasteiger partial charge on any atom is 0.249 e. The van der Waals surface area contributed by atoms with E-state index in [0.29, 0.717) is 22.8 Å². The van der Waals surface area contributed by atoms with E-state index in [-0.39, 0.29) is 11.7 Å². The van der Waals surface area contributed by atoms with Gasteiger partial charge in [-0.05, 0) is 61.9 Å². The van der Waals surface area contributed by atoms with E-state index < -0.39 is 6.04 Å². The molecule has 0 fully saturated rings. The fourth-order valence-corrected chi connectivity index (χ4v) is 3.88. The summed E-state index contributed by atoms with van der Waals surface area (Å²) in [4.78, 5) is 17.8. The average molecular weight is 407 g/mol. The molecule has 1 N–H and O–H groups in total. The van der Waals surface area contributed by atoms with Crippen molar-refractivity contribution in [3.05, 3.63) is 99.3 Å². The van der Waals surface area contributed by atoms with Crippen molar-refractivity contribution in [2.75, 3.05) is 5.32 Å². The number of benzene rings is 3. The first kappa shape index (κ1) is 19.3. The maximum atomic E-state index is 13.5. The Balaban J connectivity index is 1.82. The number of anilines is 1. The summed E-state index contributed by atoms with van der Waals surface area (Å²) in [5.41, 5.74) is 6.06. The van der Waals surface area contributed by atoms with E-state index >= 15 is 0 Å². The predicted octanol–water partition coefficient (Wildman–Crippen LogP) is 5.50. The molecule has 0 spiro atoms. The minimum absolute atomic E-state index is 0.176. The second kappa shape index (κ2) is 7.80. The summed E-state index contributed by atoms with van der Waals surface area (Å²) in [5.74, 6) is -0.500. The third-order valence-electron chi connectivity index (χ3n) is 4.91. The molecule has 1 aliphatic rings. The number of hydrogen-bond acceptors (Lipinski definition) is 2. The van der Waals surface area contributed by atoms with Gasteiger partial charge in [0.25, 0.3) is 0 Å². The normalized spacial score (nSPS) is 15.9. The molecule has 4 rings (SSSR count). The average Bonchev–Trinajstić information content (AvgIpc) is 2.79. The lowest BCUT2D eigenvalue weighted by molar-refractivity contribution is -0.117. The van der Waals surface area contributed by atoms with Crippen molar-refractivity contribution in [1.82, 2.24) is 0 Å². The van der Waals surface area contributed by atoms with Crippen molar-refractivity contribution in [2.24, 2.45) is 4.99 Å². The van der Waals surface area contributed by atoms with Crippen molar-refractivity contribution < 1.29 is 9.18 Å². The van der Waals surface area contributed by atoms with E-state index in [1.54, 1.807) is 30.3 Å². The van der Waals surface area contributed by atoms with Gasteiger partial charge in [0.15, 0.2) is 0 Å². The van der Waals surface area contributed by atoms with Gasteiger partial charge < -0.3 is 5.32 Å². The summed E-state index contributed by atoms with van der Waals surface area (Å²) in [5, 5.41) is 3.52. The summed E-state index contributed by atoms with van der Waals surface area (Å²) < 4.78 is 13.5. The topological polar surface area (TPSA) is 41.5 Å². The van der Waals surface area contributed by atoms with Gasteiger partial charge in [-0.15, -0.1) is 0 Å². The lowest BCUT2D eigenvalue weighted by atomic mass is 9.99. The molecule has 3 aromatic rings. The van der Waals surface area contributed by atoms with Crippen LogP contribution in [-0.2, 0) is 11.2 Å². The van der Waals surface area contributed by atoms with E-state index in [4.69, 9.17) is 16.6 Å². The van der Waals surface area contributed by atoms with Crippen LogP contribution in [0, 0.1) is 19.7 Å². The van der Waals surface area contributed by atoms with Crippen LogP contribution in [0.3, 0.4) is 0 Å². The number of benzodiazepines with no additional fused rings is 1. The Labute approximate surface area is 174 Å². The molecular weight excluding hydrogens is 387 g/mol. The van der Waals surface area contributed by atoms with Gasteiger partial charge in [-0.2, -0.15) is 0 Å². The molecule has 0 bridgehead atoms. The van der Waals surface area contributed by atoms with Gasteiger partial charge in [-0.25, -0.2) is 4.39 Å². The summed E-state index contributed by atoms with van der Waals surface area (Å²) in [6, 6.07) is 17.0. The maximum absolute atomic E-state index is 13.5. The first-order chi connectivity index (χ1) is 13.9. The number of hydrogen-bond donors (Lipinski definition) is 1. The third kappa shape index (κ3) is 4.22. The smallest absolute Gasteiger partial charge is 0.249 e. The van der Waals surface area contributed by atoms with Gasteiger partial charge in [0.2, 0.25) is 5.91 Å². The number of aliphatic imine (C=N–C) groups is 1. The van der Waals surface area contributed by atoms with Gasteiger partial charge in [0.05, 0.1) is 11.4 Å². The third-order valence-corrected chi connectivity index (χ3v) is 5.15. The second-order valence-electron chi connectivity index (χ2n) is 7.38. The van der Waals surface area contributed by atoms with Crippen LogP contribution in [0.2, 0.25) is 5.02 Å². The molecule has 3 nitrogen and oxygen atoms in total. The molecule has 1 amide bonds. The highest BCUT2D eigenvalue weighted by atomic mass is 35.5. The molecule has 0 radical (unpaired) electrons. The number of carbonyl (C=O) groups is 1. The van der Waals surface area contributed by atoms with Crippen LogP contribution >= 0.6 is 11.6 Å². The van der Waals surface area contributed by atoms with Crippen LogP contribution in [0.25, 0.3) is 0 Å². The minimum Gasteiger partial charge on any atom is -0.324 e. The Kier molecular flexibility index (Phi) is 5.20. The highest BCUT2D eigenvalue weighted by Crippen LogP contribution is 2.28. The van der Waals surface area contributed by atoms with Crippen LogP contribution in [-0.4, -0.2) is 17.7 Å². The number of rotatable bonds is 3. The Morgan fingerprint density at radius 1 is 1.00 bits per heavy atom. The zero-order valence-electron chi connectivity index (χ0n) is 16.2. The van der Waals surface area contributed by atoms with Crippen molar-refractivity contribution in [3.8, 4) is 0 Å². The zero-order valence-corrected chi connectivity index (χ0v) is 16.9. The molecule has 146 valence electrons. The largest absolute Gasteiger partial charge is 0.324 e. The summed E-state index contributed by atoms with van der Waals surface area (Å²) in [6.45, 7) is 4.07. The van der Waals surface area contributed by atoms with Gasteiger partial charge in [-0.1, -0.05) is 40.9 Å². The molecule has 3 aromatic carbocycles. The molecule has 0 saturated heterocycles. The lowest BCUT2D eigenvalue weighted by Crippen LogP contribution is -2.27. The molecule has 1 atom stereocenters. The molecule has 1 aliphatic heterocycles. The molecule has 1 heterocycles. The van der Waals surface area contributed by atoms with Crippen molar-refractivity contribution in [2.45, 2.75) is 26.3 Å². The summed E-state index contributed by atoms with van der Waals surface area (Å²) in [7, 11) is 0. The molecule has 5 heteroatoms. The van der Waals surface area contributed by atoms with E-state index in [9.17, 15) is 9.18 Å². The van der Waals surface area contributed by atoms with Crippen molar-refractivity contribution >= 4 is 28.9 Å². The fraction of sp³-hybridized carbons (Fsp3) is 0.167. The molecule has 1 unspecified atom stereocenters. The number of carbonyl (C=O) groups excluding carboxylic acids is 1. The number of nitrogens with zero attached hydrogens (tertiary/aromatic N) is 1. The van der Waals surface area contributed by atoms with Gasteiger partial charge >= 0.3 is 0 Å². The predicted molar refractivity (Wildman–Crippen MR) is 116 cm³/mol. The highest BCUT2D eigenvalue weighted by Gasteiger charge is 2.26. The Bertz CT molecular complexity index is 1100. The monoisotopic (exact) mass is 406 g/mol. The standard InChI is InChI=1S/C24H20ClFN2O/c1-14-9-15(2)11-16(10-14)12-22-24(29)28-21-8-5-18(25)13-20(21)23(27-22)17-3-6-19(26)7-4-17/h3-11,13,22H,12H2,1-2H3,(H,28,29). The number of aryl methyl sites for hydroxylation is 2. The minimum atomic E-state index is -0.609. The first-order valence-corrected chi connectivity index (χ1v) is 9.78. The van der Waals surface area contributed by atoms with Crippen LogP contribution < -0.4 is 5.32 Å². The first-order valence-electron chi connectivity index (χ1n) is 9.41. The van der Waals surface area contributed by atoms with Crippen LogP contribution in [0.15, 0.2) is 65.7 Å². The van der Waals surface area contributed by atoms with E-state index in [1.165, 1.54) is 12.1 Å².